The molecule has 2 aromatic rings. The van der Waals surface area contributed by atoms with E-state index in [1.807, 2.05) is 0 Å². The molecule has 0 atom stereocenters. The van der Waals surface area contributed by atoms with E-state index in [1.54, 1.807) is 0 Å². The van der Waals surface area contributed by atoms with Gasteiger partial charge in [0, 0.05) is 11.5 Å². The first-order valence-corrected chi connectivity index (χ1v) is 4.58. The molecule has 0 aliphatic heterocycles. The van der Waals surface area contributed by atoms with E-state index in [9.17, 15) is 4.79 Å². The Labute approximate surface area is 87.7 Å². The third-order valence-corrected chi connectivity index (χ3v) is 2.06. The van der Waals surface area contributed by atoms with Gasteiger partial charge < -0.3 is 15.5 Å². The summed E-state index contributed by atoms with van der Waals surface area (Å²) in [6, 6.07) is 0. The van der Waals surface area contributed by atoms with Crippen molar-refractivity contribution in [1.82, 2.24) is 24.5 Å². The second-order valence-electron chi connectivity index (χ2n) is 2.47. The van der Waals surface area contributed by atoms with Crippen LogP contribution in [0.1, 0.15) is 10.6 Å². The van der Waals surface area contributed by atoms with E-state index in [0.29, 0.717) is 11.0 Å². The van der Waals surface area contributed by atoms with Crippen LogP contribution in [-0.4, -0.2) is 37.6 Å². The van der Waals surface area contributed by atoms with Gasteiger partial charge in [-0.2, -0.15) is 9.36 Å². The topological polar surface area (TPSA) is 120 Å². The van der Waals surface area contributed by atoms with Crippen LogP contribution in [0.15, 0.2) is 0 Å². The highest BCUT2D eigenvalue weighted by atomic mass is 32.1. The lowest BCUT2D eigenvalue weighted by atomic mass is 10.5. The van der Waals surface area contributed by atoms with Gasteiger partial charge in [0.25, 0.3) is 0 Å². The Hall–Kier alpha value is -2.03. The number of methoxy groups -OCH3 is 1. The Bertz CT molecular complexity index is 491. The van der Waals surface area contributed by atoms with Crippen LogP contribution in [0.3, 0.4) is 0 Å². The maximum atomic E-state index is 11.0. The highest BCUT2D eigenvalue weighted by Gasteiger charge is 2.15. The third-order valence-electron chi connectivity index (χ3n) is 1.52. The van der Waals surface area contributed by atoms with Crippen molar-refractivity contribution < 1.29 is 9.53 Å². The maximum absolute atomic E-state index is 11.0. The van der Waals surface area contributed by atoms with Crippen LogP contribution in [0.4, 0.5) is 5.13 Å². The fraction of sp³-hybridized carbons (Fsp3) is 0.167. The zero-order valence-electron chi connectivity index (χ0n) is 7.59. The van der Waals surface area contributed by atoms with Gasteiger partial charge in [0.15, 0.2) is 5.13 Å². The van der Waals surface area contributed by atoms with Gasteiger partial charge in [0.2, 0.25) is 17.5 Å². The van der Waals surface area contributed by atoms with Gasteiger partial charge in [0.1, 0.15) is 0 Å². The molecule has 2 rings (SSSR count). The maximum Gasteiger partial charge on any atom is 0.376 e. The molecule has 3 N–H and O–H groups in total. The Morgan fingerprint density at radius 3 is 2.93 bits per heavy atom. The molecule has 0 radical (unpaired) electrons. The standard InChI is InChI=1S/C6H6N6O2S/c1-14-5(13)4-8-2(10-11-4)3-9-6(7)15-12-3/h1H3,(H2,7,9,12)(H,8,10,11). The molecule has 0 saturated carbocycles. The SMILES string of the molecule is COC(=O)c1nnc(-c2nsc(N)n2)[nH]1. The molecule has 0 fully saturated rings. The van der Waals surface area contributed by atoms with E-state index in [1.165, 1.54) is 7.11 Å². The molecule has 0 amide bonds. The van der Waals surface area contributed by atoms with Crippen LogP contribution in [0.2, 0.25) is 0 Å². The predicted octanol–water partition coefficient (Wildman–Crippen LogP) is -0.308. The number of aromatic amines is 1. The minimum atomic E-state index is -0.600. The number of hydrogen-bond acceptors (Lipinski definition) is 8. The van der Waals surface area contributed by atoms with E-state index < -0.39 is 5.97 Å². The van der Waals surface area contributed by atoms with E-state index in [4.69, 9.17) is 5.73 Å². The van der Waals surface area contributed by atoms with Crippen LogP contribution < -0.4 is 5.73 Å². The number of nitrogens with one attached hydrogen (secondary N) is 1. The number of nitrogens with two attached hydrogens (primary N) is 1. The van der Waals surface area contributed by atoms with Gasteiger partial charge in [-0.15, -0.1) is 10.2 Å². The Balaban J connectivity index is 2.31. The number of hydrogen-bond donors (Lipinski definition) is 2. The minimum absolute atomic E-state index is 0.000807. The molecule has 9 heteroatoms. The van der Waals surface area contributed by atoms with Gasteiger partial charge in [-0.25, -0.2) is 4.79 Å². The fourth-order valence-electron chi connectivity index (χ4n) is 0.883. The van der Waals surface area contributed by atoms with Crippen LogP contribution in [0, 0.1) is 0 Å². The van der Waals surface area contributed by atoms with Crippen molar-refractivity contribution in [3.8, 4) is 11.6 Å². The molecule has 15 heavy (non-hydrogen) atoms. The lowest BCUT2D eigenvalue weighted by Gasteiger charge is -1.90. The van der Waals surface area contributed by atoms with Crippen LogP contribution in [-0.2, 0) is 4.74 Å². The normalized spacial score (nSPS) is 10.2. The number of carbonyl (C=O) groups is 1. The highest BCUT2D eigenvalue weighted by Crippen LogP contribution is 2.14. The summed E-state index contributed by atoms with van der Waals surface area (Å²) in [6.45, 7) is 0. The van der Waals surface area contributed by atoms with E-state index >= 15 is 0 Å². The van der Waals surface area contributed by atoms with E-state index in [2.05, 4.69) is 29.3 Å². The van der Waals surface area contributed by atoms with Crippen molar-refractivity contribution in [3.63, 3.8) is 0 Å². The number of anilines is 1. The summed E-state index contributed by atoms with van der Waals surface area (Å²) < 4.78 is 8.36. The third kappa shape index (κ3) is 1.76. The van der Waals surface area contributed by atoms with Crippen molar-refractivity contribution in [2.24, 2.45) is 0 Å². The number of rotatable bonds is 2. The molecular weight excluding hydrogens is 220 g/mol. The lowest BCUT2D eigenvalue weighted by molar-refractivity contribution is 0.0587. The van der Waals surface area contributed by atoms with Crippen LogP contribution in [0.25, 0.3) is 11.6 Å². The second-order valence-corrected chi connectivity index (χ2v) is 3.25. The summed E-state index contributed by atoms with van der Waals surface area (Å²) in [5, 5.41) is 7.59. The largest absolute Gasteiger partial charge is 0.463 e. The molecule has 2 heterocycles. The van der Waals surface area contributed by atoms with Crippen molar-refractivity contribution >= 4 is 22.6 Å². The molecule has 0 spiro atoms. The average Bonchev–Trinajstić information content (AvgIpc) is 2.84. The van der Waals surface area contributed by atoms with Gasteiger partial charge in [0.05, 0.1) is 7.11 Å². The fourth-order valence-corrected chi connectivity index (χ4v) is 1.32. The molecular formula is C6H6N6O2S. The molecule has 0 bridgehead atoms. The molecule has 0 aliphatic rings. The van der Waals surface area contributed by atoms with Crippen LogP contribution in [0.5, 0.6) is 0 Å². The zero-order valence-corrected chi connectivity index (χ0v) is 8.41. The second kappa shape index (κ2) is 3.61. The Morgan fingerprint density at radius 2 is 2.33 bits per heavy atom. The Morgan fingerprint density at radius 1 is 1.53 bits per heavy atom. The highest BCUT2D eigenvalue weighted by molar-refractivity contribution is 7.09. The summed E-state index contributed by atoms with van der Waals surface area (Å²) in [6.07, 6.45) is 0. The van der Waals surface area contributed by atoms with E-state index in [-0.39, 0.29) is 11.6 Å². The van der Waals surface area contributed by atoms with Crippen LogP contribution >= 0.6 is 11.5 Å². The zero-order chi connectivity index (χ0) is 10.8. The quantitative estimate of drug-likeness (QED) is 0.674. The molecule has 0 unspecified atom stereocenters. The number of esters is 1. The molecule has 0 aromatic carbocycles. The van der Waals surface area contributed by atoms with Gasteiger partial charge in [-0.1, -0.05) is 0 Å². The molecule has 8 nitrogen and oxygen atoms in total. The first-order chi connectivity index (χ1) is 7.20. The lowest BCUT2D eigenvalue weighted by Crippen LogP contribution is -2.03. The molecule has 0 saturated heterocycles. The Kier molecular flexibility index (Phi) is 2.29. The smallest absolute Gasteiger partial charge is 0.376 e. The summed E-state index contributed by atoms with van der Waals surface area (Å²) in [5.41, 5.74) is 5.40. The first kappa shape index (κ1) is 9.52. The summed E-state index contributed by atoms with van der Waals surface area (Å²) in [7, 11) is 1.25. The van der Waals surface area contributed by atoms with Crippen molar-refractivity contribution in [2.75, 3.05) is 12.8 Å². The minimum Gasteiger partial charge on any atom is -0.463 e. The number of carbonyl (C=O) groups excluding carboxylic acids is 1. The summed E-state index contributed by atoms with van der Waals surface area (Å²) in [5.74, 6) is -0.0127. The van der Waals surface area contributed by atoms with Crippen molar-refractivity contribution in [2.45, 2.75) is 0 Å². The number of ether oxygens (including phenoxy) is 1. The number of H-pyrrole nitrogens is 1. The molecule has 2 aromatic heterocycles. The number of nitrogens with zero attached hydrogens (tertiary/aromatic N) is 4. The number of aromatic nitrogens is 5. The monoisotopic (exact) mass is 226 g/mol. The van der Waals surface area contributed by atoms with Crippen molar-refractivity contribution in [3.05, 3.63) is 5.82 Å². The summed E-state index contributed by atoms with van der Waals surface area (Å²) in [4.78, 5) is 17.5. The molecule has 0 aliphatic carbocycles. The number of nitrogen functional groups attached to an aromatic ring is 1. The van der Waals surface area contributed by atoms with Gasteiger partial charge >= 0.3 is 5.97 Å². The van der Waals surface area contributed by atoms with Gasteiger partial charge in [-0.3, -0.25) is 0 Å². The first-order valence-electron chi connectivity index (χ1n) is 3.81. The average molecular weight is 226 g/mol. The predicted molar refractivity (Wildman–Crippen MR) is 51.0 cm³/mol. The summed E-state index contributed by atoms with van der Waals surface area (Å²) >= 11 is 1.04. The van der Waals surface area contributed by atoms with Crippen molar-refractivity contribution in [1.29, 1.82) is 0 Å². The molecule has 78 valence electrons. The van der Waals surface area contributed by atoms with Gasteiger partial charge in [-0.05, 0) is 0 Å². The van der Waals surface area contributed by atoms with E-state index in [0.717, 1.165) is 11.5 Å².